The second kappa shape index (κ2) is 26.5. The molecule has 412 valence electrons. The molecule has 6 aromatic rings. The van der Waals surface area contributed by atoms with Crippen LogP contribution in [0.15, 0.2) is 170 Å². The fourth-order valence-electron chi connectivity index (χ4n) is 10.5. The summed E-state index contributed by atoms with van der Waals surface area (Å²) in [6.07, 6.45) is -2.34. The van der Waals surface area contributed by atoms with Gasteiger partial charge < -0.3 is 48.9 Å². The maximum Gasteiger partial charge on any atom is 0.430 e. The Hall–Kier alpha value is -7.84. The zero-order valence-corrected chi connectivity index (χ0v) is 42.4. The van der Waals surface area contributed by atoms with Gasteiger partial charge in [-0.25, -0.2) is 9.59 Å². The Kier molecular flexibility index (Phi) is 19.6. The number of benzene rings is 4. The smallest absolute Gasteiger partial charge is 0.430 e. The Balaban J connectivity index is 0.000000182. The summed E-state index contributed by atoms with van der Waals surface area (Å²) in [7, 11) is 0. The van der Waals surface area contributed by atoms with Crippen molar-refractivity contribution in [2.75, 3.05) is 49.9 Å². The Bertz CT molecular complexity index is 2630. The van der Waals surface area contributed by atoms with Crippen LogP contribution in [0.2, 0.25) is 0 Å². The van der Waals surface area contributed by atoms with E-state index in [-0.39, 0.29) is 24.1 Å². The minimum atomic E-state index is -5.19. The molecule has 8 heterocycles. The first-order chi connectivity index (χ1) is 37.3. The molecule has 2 N–H and O–H groups in total. The number of para-hydroxylation sites is 2. The highest BCUT2D eigenvalue weighted by atomic mass is 19.4. The number of carboxylic acid groups (broad SMARTS) is 2. The average Bonchev–Trinajstić information content (AvgIpc) is 3.47. The van der Waals surface area contributed by atoms with Crippen molar-refractivity contribution in [3.05, 3.63) is 193 Å². The number of aromatic nitrogens is 2. The number of fused-ring (bicyclic) bond motifs is 6. The van der Waals surface area contributed by atoms with Crippen molar-refractivity contribution < 1.29 is 74.2 Å². The third-order valence-electron chi connectivity index (χ3n) is 14.4. The van der Waals surface area contributed by atoms with Gasteiger partial charge in [-0.1, -0.05) is 109 Å². The van der Waals surface area contributed by atoms with Gasteiger partial charge in [0.2, 0.25) is 0 Å². The zero-order valence-electron chi connectivity index (χ0n) is 42.4. The van der Waals surface area contributed by atoms with E-state index in [1.54, 1.807) is 0 Å². The van der Waals surface area contributed by atoms with Gasteiger partial charge in [0.1, 0.15) is 38.1 Å². The van der Waals surface area contributed by atoms with E-state index in [9.17, 15) is 35.9 Å². The lowest BCUT2D eigenvalue weighted by Crippen LogP contribution is -2.64. The van der Waals surface area contributed by atoms with Gasteiger partial charge >= 0.3 is 24.3 Å². The van der Waals surface area contributed by atoms with E-state index in [4.69, 9.17) is 29.3 Å². The first-order valence-corrected chi connectivity index (χ1v) is 25.5. The minimum absolute atomic E-state index is 0.0440. The number of esters is 2. The van der Waals surface area contributed by atoms with Gasteiger partial charge in [-0.05, 0) is 59.7 Å². The molecule has 78 heavy (non-hydrogen) atoms. The largest absolute Gasteiger partial charge is 0.542 e. The lowest BCUT2D eigenvalue weighted by atomic mass is 9.83. The highest BCUT2D eigenvalue weighted by molar-refractivity contribution is 5.82. The molecule has 0 spiro atoms. The van der Waals surface area contributed by atoms with Gasteiger partial charge in [-0.2, -0.15) is 26.3 Å². The maximum absolute atomic E-state index is 13.5. The Morgan fingerprint density at radius 3 is 1.06 bits per heavy atom. The van der Waals surface area contributed by atoms with E-state index in [0.717, 1.165) is 121 Å². The lowest BCUT2D eigenvalue weighted by Gasteiger charge is -2.52. The molecule has 12 rings (SSSR count). The average molecular weight is 1080 g/mol. The van der Waals surface area contributed by atoms with Crippen LogP contribution in [0.5, 0.6) is 0 Å². The molecule has 6 fully saturated rings. The number of alkyl halides is 6. The number of carbonyl (C=O) groups is 4. The predicted molar refractivity (Wildman–Crippen MR) is 271 cm³/mol. The fraction of sp³-hybridized carbons (Fsp3) is 0.345. The fourth-order valence-corrected chi connectivity index (χ4v) is 10.5. The minimum Gasteiger partial charge on any atom is -0.542 e. The summed E-state index contributed by atoms with van der Waals surface area (Å²) in [5.41, 5.74) is 5.88. The quantitative estimate of drug-likeness (QED) is 0.0615. The van der Waals surface area contributed by atoms with Crippen molar-refractivity contribution in [3.63, 3.8) is 0 Å². The van der Waals surface area contributed by atoms with Crippen molar-refractivity contribution >= 4 is 35.3 Å². The predicted octanol–water partition coefficient (Wildman–Crippen LogP) is 7.77. The Labute approximate surface area is 447 Å². The summed E-state index contributed by atoms with van der Waals surface area (Å²) in [4.78, 5) is 53.6. The Morgan fingerprint density at radius 1 is 0.487 bits per heavy atom. The SMILES string of the molecule is O=C(O[C@H]1C[N+]2(Cc3ccccn3)CCC1CC2)C(Nc1ccccc1)c1ccccc1.O=C(O[C@H]1C[N+]2(Cc3ccccn3)CCC1CC2)C(Nc1ccccc1)c1ccccc1.O=C([O-])C(F)(F)F.O=C([O-])C(F)(F)F. The number of nitrogens with one attached hydrogen (secondary N) is 2. The van der Waals surface area contributed by atoms with Crippen molar-refractivity contribution in [1.82, 2.24) is 9.97 Å². The van der Waals surface area contributed by atoms with Gasteiger partial charge in [0.15, 0.2) is 24.3 Å². The monoisotopic (exact) mass is 1080 g/mol. The molecule has 4 atom stereocenters. The van der Waals surface area contributed by atoms with Crippen LogP contribution in [-0.2, 0) is 41.7 Å². The van der Waals surface area contributed by atoms with Gasteiger partial charge in [0, 0.05) is 61.3 Å². The van der Waals surface area contributed by atoms with Crippen LogP contribution in [0.25, 0.3) is 0 Å². The molecule has 0 radical (unpaired) electrons. The number of anilines is 2. The van der Waals surface area contributed by atoms with Crippen LogP contribution in [-0.4, -0.2) is 107 Å². The number of halogens is 6. The first-order valence-electron chi connectivity index (χ1n) is 25.5. The molecule has 0 amide bonds. The lowest BCUT2D eigenvalue weighted by molar-refractivity contribution is -0.958. The van der Waals surface area contributed by atoms with Crippen LogP contribution in [0.3, 0.4) is 0 Å². The van der Waals surface area contributed by atoms with Gasteiger partial charge in [0.05, 0.1) is 37.6 Å². The standard InChI is InChI=1S/2C27H30N3O2.2C2HF3O2/c2*31-27(26(22-9-3-1-4-10-22)29-23-11-5-2-6-12-23)32-25-20-30(17-14-21(25)15-18-30)19-24-13-7-8-16-28-24;2*3-2(4,5)1(6)7/h2*1-13,16,21,25-26,29H,14-15,17-20H2;2*(H,6,7)/q2*+1;;/p-2/t2*21?,25-,26?,30?;;/m00../s1. The van der Waals surface area contributed by atoms with E-state index in [0.29, 0.717) is 11.8 Å². The third kappa shape index (κ3) is 16.6. The molecule has 6 aliphatic rings. The van der Waals surface area contributed by atoms with Crippen molar-refractivity contribution in [1.29, 1.82) is 0 Å². The zero-order chi connectivity index (χ0) is 55.8. The van der Waals surface area contributed by atoms with E-state index < -0.39 is 36.4 Å². The van der Waals surface area contributed by atoms with Crippen LogP contribution in [0, 0.1) is 11.8 Å². The van der Waals surface area contributed by atoms with E-state index >= 15 is 0 Å². The van der Waals surface area contributed by atoms with Gasteiger partial charge in [0.25, 0.3) is 0 Å². The molecule has 14 nitrogen and oxygen atoms in total. The van der Waals surface area contributed by atoms with Crippen LogP contribution in [0.4, 0.5) is 37.7 Å². The summed E-state index contributed by atoms with van der Waals surface area (Å²) >= 11 is 0. The highest BCUT2D eigenvalue weighted by Gasteiger charge is 2.50. The number of pyridine rings is 2. The van der Waals surface area contributed by atoms with Crippen LogP contribution < -0.4 is 20.8 Å². The normalized spacial score (nSPS) is 22.6. The summed E-state index contributed by atoms with van der Waals surface area (Å²) in [6.45, 7) is 8.12. The number of nitrogens with zero attached hydrogens (tertiary/aromatic N) is 4. The number of quaternary nitrogens is 2. The molecule has 4 aromatic carbocycles. The molecule has 2 aromatic heterocycles. The molecular weight excluding hydrogens is 1020 g/mol. The number of carbonyl (C=O) groups excluding carboxylic acids is 4. The van der Waals surface area contributed by atoms with Crippen molar-refractivity contribution in [2.45, 2.75) is 75.4 Å². The number of carboxylic acids is 2. The van der Waals surface area contributed by atoms with Crippen molar-refractivity contribution in [3.8, 4) is 0 Å². The second-order valence-electron chi connectivity index (χ2n) is 19.8. The number of piperidine rings is 6. The summed E-state index contributed by atoms with van der Waals surface area (Å²) in [5, 5.41) is 24.3. The van der Waals surface area contributed by atoms with Crippen LogP contribution >= 0.6 is 0 Å². The van der Waals surface area contributed by atoms with Gasteiger partial charge in [-0.3, -0.25) is 9.97 Å². The number of rotatable bonds is 14. The van der Waals surface area contributed by atoms with Gasteiger partial charge in [-0.15, -0.1) is 0 Å². The number of hydrogen-bond acceptors (Lipinski definition) is 12. The van der Waals surface area contributed by atoms with E-state index in [2.05, 4.69) is 44.9 Å². The second-order valence-corrected chi connectivity index (χ2v) is 19.8. The molecular formula is C58H60F6N6O8. The topological polar surface area (TPSA) is 183 Å². The number of aliphatic carboxylic acids is 2. The molecule has 6 saturated heterocycles. The van der Waals surface area contributed by atoms with Crippen LogP contribution in [0.1, 0.15) is 60.3 Å². The van der Waals surface area contributed by atoms with Crippen molar-refractivity contribution in [2.24, 2.45) is 11.8 Å². The summed E-state index contributed by atoms with van der Waals surface area (Å²) < 4.78 is 77.5. The molecule has 0 saturated carbocycles. The highest BCUT2D eigenvalue weighted by Crippen LogP contribution is 2.39. The number of ether oxygens (including phenoxy) is 2. The molecule has 2 unspecified atom stereocenters. The third-order valence-corrected chi connectivity index (χ3v) is 14.4. The Morgan fingerprint density at radius 2 is 0.782 bits per heavy atom. The molecule has 20 heteroatoms. The first kappa shape index (κ1) is 57.9. The number of hydrogen-bond donors (Lipinski definition) is 2. The maximum atomic E-state index is 13.5. The van der Waals surface area contributed by atoms with E-state index in [1.165, 1.54) is 0 Å². The summed E-state index contributed by atoms with van der Waals surface area (Å²) in [5.74, 6) is -5.50. The molecule has 6 aliphatic heterocycles. The molecule has 4 bridgehead atoms. The molecule has 0 aliphatic carbocycles. The van der Waals surface area contributed by atoms with E-state index in [1.807, 2.05) is 146 Å². The summed E-state index contributed by atoms with van der Waals surface area (Å²) in [6, 6.07) is 50.6.